The zero-order chi connectivity index (χ0) is 26.2. The maximum absolute atomic E-state index is 13.5. The average molecular weight is 516 g/mol. The standard InChI is InChI=1S/C29H17ClF3N3O/c30-23-8-4-7-20(15-23)28(37,22-11-12-35-27(16-22)29(31,32)33)21-9-10-25-19(13-21)14-24(26(17-34)36-25)18-5-2-1-3-6-18/h1-16,37H. The highest BCUT2D eigenvalue weighted by atomic mass is 35.5. The third-order valence-corrected chi connectivity index (χ3v) is 6.37. The summed E-state index contributed by atoms with van der Waals surface area (Å²) in [6, 6.07) is 26.5. The highest BCUT2D eigenvalue weighted by Gasteiger charge is 2.38. The van der Waals surface area contributed by atoms with Crippen LogP contribution in [0.2, 0.25) is 5.02 Å². The maximum atomic E-state index is 13.5. The van der Waals surface area contributed by atoms with Gasteiger partial charge in [0.25, 0.3) is 0 Å². The van der Waals surface area contributed by atoms with E-state index in [1.54, 1.807) is 42.5 Å². The molecule has 0 radical (unpaired) electrons. The number of hydrogen-bond acceptors (Lipinski definition) is 4. The summed E-state index contributed by atoms with van der Waals surface area (Å²) in [6.07, 6.45) is -3.68. The highest BCUT2D eigenvalue weighted by molar-refractivity contribution is 6.30. The minimum Gasteiger partial charge on any atom is -0.376 e. The summed E-state index contributed by atoms with van der Waals surface area (Å²) < 4.78 is 40.5. The normalized spacial score (nSPS) is 13.2. The van der Waals surface area contributed by atoms with E-state index in [0.717, 1.165) is 17.8 Å². The summed E-state index contributed by atoms with van der Waals surface area (Å²) in [5.74, 6) is 0. The molecule has 182 valence electrons. The van der Waals surface area contributed by atoms with E-state index in [9.17, 15) is 23.5 Å². The summed E-state index contributed by atoms with van der Waals surface area (Å²) in [5.41, 5.74) is -0.451. The van der Waals surface area contributed by atoms with Crippen molar-refractivity contribution in [1.82, 2.24) is 9.97 Å². The van der Waals surface area contributed by atoms with Crippen LogP contribution in [0.1, 0.15) is 28.1 Å². The molecule has 0 spiro atoms. The Kier molecular flexibility index (Phi) is 6.16. The lowest BCUT2D eigenvalue weighted by atomic mass is 9.80. The van der Waals surface area contributed by atoms with Crippen LogP contribution in [0.25, 0.3) is 22.0 Å². The number of fused-ring (bicyclic) bond motifs is 1. The lowest BCUT2D eigenvalue weighted by Crippen LogP contribution is -2.29. The minimum atomic E-state index is -4.70. The fourth-order valence-electron chi connectivity index (χ4n) is 4.35. The molecule has 37 heavy (non-hydrogen) atoms. The van der Waals surface area contributed by atoms with Crippen LogP contribution >= 0.6 is 11.6 Å². The monoisotopic (exact) mass is 515 g/mol. The van der Waals surface area contributed by atoms with Gasteiger partial charge in [0.2, 0.25) is 0 Å². The summed E-state index contributed by atoms with van der Waals surface area (Å²) in [4.78, 5) is 7.92. The van der Waals surface area contributed by atoms with Gasteiger partial charge in [-0.15, -0.1) is 0 Å². The number of halogens is 4. The minimum absolute atomic E-state index is 0.0265. The molecular weight excluding hydrogens is 499 g/mol. The van der Waals surface area contributed by atoms with Gasteiger partial charge in [-0.2, -0.15) is 18.4 Å². The van der Waals surface area contributed by atoms with E-state index >= 15 is 0 Å². The van der Waals surface area contributed by atoms with Gasteiger partial charge in [0.05, 0.1) is 5.52 Å². The molecule has 0 bridgehead atoms. The second-order valence-electron chi connectivity index (χ2n) is 8.42. The quantitative estimate of drug-likeness (QED) is 0.276. The van der Waals surface area contributed by atoms with Crippen LogP contribution in [0.5, 0.6) is 0 Å². The lowest BCUT2D eigenvalue weighted by molar-refractivity contribution is -0.141. The number of nitriles is 1. The number of hydrogen-bond donors (Lipinski definition) is 1. The molecule has 2 heterocycles. The molecular formula is C29H17ClF3N3O. The van der Waals surface area contributed by atoms with Crippen LogP contribution in [0, 0.1) is 11.3 Å². The zero-order valence-corrected chi connectivity index (χ0v) is 19.8. The molecule has 0 saturated heterocycles. The average Bonchev–Trinajstić information content (AvgIpc) is 2.91. The maximum Gasteiger partial charge on any atom is 0.433 e. The predicted octanol–water partition coefficient (Wildman–Crippen LogP) is 7.12. The molecule has 4 nitrogen and oxygen atoms in total. The van der Waals surface area contributed by atoms with Crippen molar-refractivity contribution in [2.75, 3.05) is 0 Å². The first-order valence-corrected chi connectivity index (χ1v) is 11.5. The van der Waals surface area contributed by atoms with E-state index in [4.69, 9.17) is 11.6 Å². The molecule has 2 aromatic heterocycles. The Labute approximate surface area is 215 Å². The smallest absolute Gasteiger partial charge is 0.376 e. The molecule has 8 heteroatoms. The van der Waals surface area contributed by atoms with Crippen molar-refractivity contribution >= 4 is 22.5 Å². The Morgan fingerprint density at radius 3 is 2.24 bits per heavy atom. The second kappa shape index (κ2) is 9.32. The van der Waals surface area contributed by atoms with Gasteiger partial charge in [0.15, 0.2) is 0 Å². The largest absolute Gasteiger partial charge is 0.433 e. The molecule has 1 unspecified atom stereocenters. The van der Waals surface area contributed by atoms with E-state index in [2.05, 4.69) is 16.0 Å². The summed E-state index contributed by atoms with van der Waals surface area (Å²) in [7, 11) is 0. The van der Waals surface area contributed by atoms with Gasteiger partial charge in [-0.05, 0) is 64.7 Å². The molecule has 0 fully saturated rings. The summed E-state index contributed by atoms with van der Waals surface area (Å²) >= 11 is 6.20. The second-order valence-corrected chi connectivity index (χ2v) is 8.85. The van der Waals surface area contributed by atoms with Crippen molar-refractivity contribution in [2.45, 2.75) is 11.8 Å². The van der Waals surface area contributed by atoms with E-state index in [-0.39, 0.29) is 16.8 Å². The van der Waals surface area contributed by atoms with Crippen molar-refractivity contribution in [3.05, 3.63) is 130 Å². The van der Waals surface area contributed by atoms with Crippen molar-refractivity contribution < 1.29 is 18.3 Å². The van der Waals surface area contributed by atoms with Crippen LogP contribution in [-0.4, -0.2) is 15.1 Å². The van der Waals surface area contributed by atoms with E-state index < -0.39 is 17.5 Å². The molecule has 0 aliphatic rings. The third-order valence-electron chi connectivity index (χ3n) is 6.13. The van der Waals surface area contributed by atoms with Gasteiger partial charge >= 0.3 is 6.18 Å². The van der Waals surface area contributed by atoms with Gasteiger partial charge in [0.1, 0.15) is 23.1 Å². The summed E-state index contributed by atoms with van der Waals surface area (Å²) in [5, 5.41) is 22.7. The molecule has 3 aromatic carbocycles. The first kappa shape index (κ1) is 24.4. The van der Waals surface area contributed by atoms with Crippen molar-refractivity contribution in [3.8, 4) is 17.2 Å². The Balaban J connectivity index is 1.77. The number of alkyl halides is 3. The Morgan fingerprint density at radius 2 is 1.54 bits per heavy atom. The lowest BCUT2D eigenvalue weighted by Gasteiger charge is -2.31. The number of nitrogens with zero attached hydrogens (tertiary/aromatic N) is 3. The number of aliphatic hydroxyl groups is 1. The van der Waals surface area contributed by atoms with E-state index in [1.807, 2.05) is 30.3 Å². The van der Waals surface area contributed by atoms with Gasteiger partial charge in [-0.25, -0.2) is 4.98 Å². The SMILES string of the molecule is N#Cc1nc2ccc(C(O)(c3cccc(Cl)c3)c3ccnc(C(F)(F)F)c3)cc2cc1-c1ccccc1. The van der Waals surface area contributed by atoms with Gasteiger partial charge in [0, 0.05) is 22.2 Å². The molecule has 5 rings (SSSR count). The van der Waals surface area contributed by atoms with Gasteiger partial charge in [-0.1, -0.05) is 60.1 Å². The van der Waals surface area contributed by atoms with Gasteiger partial charge < -0.3 is 5.11 Å². The molecule has 0 aliphatic heterocycles. The molecule has 0 aliphatic carbocycles. The predicted molar refractivity (Wildman–Crippen MR) is 135 cm³/mol. The zero-order valence-electron chi connectivity index (χ0n) is 19.0. The van der Waals surface area contributed by atoms with Crippen LogP contribution in [-0.2, 0) is 11.8 Å². The Morgan fingerprint density at radius 1 is 0.811 bits per heavy atom. The van der Waals surface area contributed by atoms with E-state index in [1.165, 1.54) is 12.1 Å². The molecule has 0 saturated carbocycles. The van der Waals surface area contributed by atoms with Crippen molar-refractivity contribution in [3.63, 3.8) is 0 Å². The number of rotatable bonds is 4. The fraction of sp³-hybridized carbons (Fsp3) is 0.0690. The van der Waals surface area contributed by atoms with Crippen LogP contribution in [0.3, 0.4) is 0 Å². The topological polar surface area (TPSA) is 69.8 Å². The fourth-order valence-corrected chi connectivity index (χ4v) is 4.54. The van der Waals surface area contributed by atoms with Crippen LogP contribution < -0.4 is 0 Å². The molecule has 1 atom stereocenters. The molecule has 0 amide bonds. The number of benzene rings is 3. The third kappa shape index (κ3) is 4.53. The Bertz CT molecular complexity index is 1670. The molecule has 5 aromatic rings. The van der Waals surface area contributed by atoms with E-state index in [0.29, 0.717) is 27.1 Å². The Hall–Kier alpha value is -4.25. The number of aromatic nitrogens is 2. The van der Waals surface area contributed by atoms with Crippen molar-refractivity contribution in [2.24, 2.45) is 0 Å². The van der Waals surface area contributed by atoms with Gasteiger partial charge in [-0.3, -0.25) is 4.98 Å². The van der Waals surface area contributed by atoms with Crippen LogP contribution in [0.4, 0.5) is 13.2 Å². The summed E-state index contributed by atoms with van der Waals surface area (Å²) in [6.45, 7) is 0. The first-order chi connectivity index (χ1) is 17.7. The highest BCUT2D eigenvalue weighted by Crippen LogP contribution is 2.40. The molecule has 1 N–H and O–H groups in total. The first-order valence-electron chi connectivity index (χ1n) is 11.1. The number of pyridine rings is 2. The van der Waals surface area contributed by atoms with Crippen molar-refractivity contribution in [1.29, 1.82) is 5.26 Å². The van der Waals surface area contributed by atoms with Crippen LogP contribution in [0.15, 0.2) is 97.2 Å².